The van der Waals surface area contributed by atoms with Crippen LogP contribution < -0.4 is 5.32 Å². The van der Waals surface area contributed by atoms with E-state index in [0.717, 1.165) is 12.5 Å². The Kier molecular flexibility index (Phi) is 3.50. The van der Waals surface area contributed by atoms with E-state index in [1.54, 1.807) is 0 Å². The van der Waals surface area contributed by atoms with Gasteiger partial charge in [-0.3, -0.25) is 0 Å². The van der Waals surface area contributed by atoms with Crippen molar-refractivity contribution in [2.75, 3.05) is 11.9 Å². The number of carbonyl (C=O) groups is 1. The standard InChI is InChI=1S/C13H19N3O2/c1-13(2,9-4-3-5-9)7-15-11-10(12(17)18)6-14-8-16-11/h6,8-9H,3-5,7H2,1-2H3,(H,17,18)(H,14,15,16). The fourth-order valence-corrected chi connectivity index (χ4v) is 2.27. The van der Waals surface area contributed by atoms with Crippen molar-refractivity contribution in [3.63, 3.8) is 0 Å². The van der Waals surface area contributed by atoms with Gasteiger partial charge in [0.15, 0.2) is 0 Å². The first-order valence-corrected chi connectivity index (χ1v) is 6.28. The lowest BCUT2D eigenvalue weighted by Crippen LogP contribution is -2.36. The van der Waals surface area contributed by atoms with Gasteiger partial charge in [-0.05, 0) is 24.2 Å². The number of rotatable bonds is 5. The maximum atomic E-state index is 11.0. The van der Waals surface area contributed by atoms with Crippen LogP contribution in [0.2, 0.25) is 0 Å². The predicted molar refractivity (Wildman–Crippen MR) is 68.6 cm³/mol. The third-order valence-electron chi connectivity index (χ3n) is 3.86. The molecule has 0 amide bonds. The lowest BCUT2D eigenvalue weighted by molar-refractivity contribution is 0.0696. The number of carboxylic acids is 1. The van der Waals surface area contributed by atoms with Gasteiger partial charge in [-0.1, -0.05) is 20.3 Å². The van der Waals surface area contributed by atoms with Crippen LogP contribution in [-0.4, -0.2) is 27.6 Å². The molecule has 0 aliphatic heterocycles. The van der Waals surface area contributed by atoms with Crippen molar-refractivity contribution in [2.24, 2.45) is 11.3 Å². The second-order valence-corrected chi connectivity index (χ2v) is 5.56. The smallest absolute Gasteiger partial charge is 0.341 e. The van der Waals surface area contributed by atoms with Crippen molar-refractivity contribution in [2.45, 2.75) is 33.1 Å². The van der Waals surface area contributed by atoms with E-state index in [4.69, 9.17) is 5.11 Å². The van der Waals surface area contributed by atoms with Crippen molar-refractivity contribution in [3.05, 3.63) is 18.1 Å². The van der Waals surface area contributed by atoms with Crippen LogP contribution in [0.15, 0.2) is 12.5 Å². The van der Waals surface area contributed by atoms with Crippen molar-refractivity contribution in [3.8, 4) is 0 Å². The van der Waals surface area contributed by atoms with E-state index in [2.05, 4.69) is 29.1 Å². The Morgan fingerprint density at radius 1 is 1.56 bits per heavy atom. The number of aromatic carboxylic acids is 1. The molecule has 0 atom stereocenters. The van der Waals surface area contributed by atoms with Gasteiger partial charge in [0.2, 0.25) is 0 Å². The maximum absolute atomic E-state index is 11.0. The van der Waals surface area contributed by atoms with E-state index in [1.165, 1.54) is 31.8 Å². The van der Waals surface area contributed by atoms with E-state index < -0.39 is 5.97 Å². The summed E-state index contributed by atoms with van der Waals surface area (Å²) in [5.41, 5.74) is 0.292. The summed E-state index contributed by atoms with van der Waals surface area (Å²) in [6, 6.07) is 0. The molecule has 0 bridgehead atoms. The normalized spacial score (nSPS) is 16.1. The molecule has 1 aromatic heterocycles. The molecule has 0 unspecified atom stereocenters. The molecule has 2 rings (SSSR count). The van der Waals surface area contributed by atoms with Gasteiger partial charge in [0.1, 0.15) is 17.7 Å². The molecule has 2 N–H and O–H groups in total. The first kappa shape index (κ1) is 12.8. The number of anilines is 1. The molecule has 1 fully saturated rings. The first-order valence-electron chi connectivity index (χ1n) is 6.28. The summed E-state index contributed by atoms with van der Waals surface area (Å²) in [5, 5.41) is 12.2. The van der Waals surface area contributed by atoms with Gasteiger partial charge < -0.3 is 10.4 Å². The SMILES string of the molecule is CC(C)(CNc1ncncc1C(=O)O)C1CCC1. The van der Waals surface area contributed by atoms with Gasteiger partial charge in [-0.15, -0.1) is 0 Å². The molecule has 0 radical (unpaired) electrons. The minimum Gasteiger partial charge on any atom is -0.477 e. The van der Waals surface area contributed by atoms with Crippen LogP contribution in [0, 0.1) is 11.3 Å². The molecule has 5 nitrogen and oxygen atoms in total. The molecule has 0 spiro atoms. The minimum absolute atomic E-state index is 0.127. The number of nitrogens with zero attached hydrogens (tertiary/aromatic N) is 2. The molecule has 1 saturated carbocycles. The van der Waals surface area contributed by atoms with Crippen LogP contribution in [0.25, 0.3) is 0 Å². The molecule has 1 heterocycles. The Labute approximate surface area is 107 Å². The van der Waals surface area contributed by atoms with E-state index in [0.29, 0.717) is 5.82 Å². The molecule has 0 saturated heterocycles. The van der Waals surface area contributed by atoms with Crippen molar-refractivity contribution in [1.29, 1.82) is 0 Å². The molecule has 1 aromatic rings. The quantitative estimate of drug-likeness (QED) is 0.838. The Hall–Kier alpha value is -1.65. The third-order valence-corrected chi connectivity index (χ3v) is 3.86. The summed E-state index contributed by atoms with van der Waals surface area (Å²) in [6.45, 7) is 5.16. The highest BCUT2D eigenvalue weighted by Crippen LogP contribution is 2.41. The van der Waals surface area contributed by atoms with Gasteiger partial charge >= 0.3 is 5.97 Å². The van der Waals surface area contributed by atoms with Crippen molar-refractivity contribution in [1.82, 2.24) is 9.97 Å². The fourth-order valence-electron chi connectivity index (χ4n) is 2.27. The average molecular weight is 249 g/mol. The number of nitrogens with one attached hydrogen (secondary N) is 1. The van der Waals surface area contributed by atoms with E-state index in [-0.39, 0.29) is 11.0 Å². The average Bonchev–Trinajstić information content (AvgIpc) is 2.23. The monoisotopic (exact) mass is 249 g/mol. The molecule has 5 heteroatoms. The molecule has 0 aromatic carbocycles. The van der Waals surface area contributed by atoms with Crippen LogP contribution in [0.5, 0.6) is 0 Å². The van der Waals surface area contributed by atoms with E-state index in [9.17, 15) is 4.79 Å². The minimum atomic E-state index is -1.00. The Bertz CT molecular complexity index is 442. The number of carboxylic acid groups (broad SMARTS) is 1. The summed E-state index contributed by atoms with van der Waals surface area (Å²) in [4.78, 5) is 18.8. The zero-order valence-corrected chi connectivity index (χ0v) is 10.8. The molecule has 1 aliphatic rings. The highest BCUT2D eigenvalue weighted by molar-refractivity contribution is 5.92. The first-order chi connectivity index (χ1) is 8.50. The molecule has 18 heavy (non-hydrogen) atoms. The Morgan fingerprint density at radius 3 is 2.83 bits per heavy atom. The number of aromatic nitrogens is 2. The van der Waals surface area contributed by atoms with E-state index >= 15 is 0 Å². The van der Waals surface area contributed by atoms with Crippen LogP contribution in [0.3, 0.4) is 0 Å². The van der Waals surface area contributed by atoms with Gasteiger partial charge in [0, 0.05) is 12.7 Å². The van der Waals surface area contributed by atoms with Crippen LogP contribution in [-0.2, 0) is 0 Å². The van der Waals surface area contributed by atoms with Crippen LogP contribution >= 0.6 is 0 Å². The summed E-state index contributed by atoms with van der Waals surface area (Å²) in [5.74, 6) is 0.129. The zero-order valence-electron chi connectivity index (χ0n) is 10.8. The van der Waals surface area contributed by atoms with Gasteiger partial charge in [0.05, 0.1) is 0 Å². The third kappa shape index (κ3) is 2.60. The molecular formula is C13H19N3O2. The summed E-state index contributed by atoms with van der Waals surface area (Å²) >= 11 is 0. The fraction of sp³-hybridized carbons (Fsp3) is 0.615. The second-order valence-electron chi connectivity index (χ2n) is 5.56. The summed E-state index contributed by atoms with van der Waals surface area (Å²) < 4.78 is 0. The predicted octanol–water partition coefficient (Wildman–Crippen LogP) is 2.41. The van der Waals surface area contributed by atoms with E-state index in [1.807, 2.05) is 0 Å². The van der Waals surface area contributed by atoms with Gasteiger partial charge in [-0.25, -0.2) is 14.8 Å². The summed E-state index contributed by atoms with van der Waals surface area (Å²) in [6.07, 6.45) is 6.54. The molecule has 98 valence electrons. The number of hydrogen-bond acceptors (Lipinski definition) is 4. The van der Waals surface area contributed by atoms with Crippen molar-refractivity contribution < 1.29 is 9.90 Å². The highest BCUT2D eigenvalue weighted by Gasteiger charge is 2.33. The Morgan fingerprint density at radius 2 is 2.28 bits per heavy atom. The highest BCUT2D eigenvalue weighted by atomic mass is 16.4. The number of hydrogen-bond donors (Lipinski definition) is 2. The zero-order chi connectivity index (χ0) is 13.2. The lowest BCUT2D eigenvalue weighted by atomic mass is 9.67. The Balaban J connectivity index is 2.03. The summed E-state index contributed by atoms with van der Waals surface area (Å²) in [7, 11) is 0. The second kappa shape index (κ2) is 4.92. The largest absolute Gasteiger partial charge is 0.477 e. The van der Waals surface area contributed by atoms with Crippen LogP contribution in [0.1, 0.15) is 43.5 Å². The molecule has 1 aliphatic carbocycles. The topological polar surface area (TPSA) is 75.1 Å². The molecular weight excluding hydrogens is 230 g/mol. The van der Waals surface area contributed by atoms with Gasteiger partial charge in [-0.2, -0.15) is 0 Å². The van der Waals surface area contributed by atoms with Crippen molar-refractivity contribution >= 4 is 11.8 Å². The maximum Gasteiger partial charge on any atom is 0.341 e. The lowest BCUT2D eigenvalue weighted by Gasteiger charge is -2.40. The van der Waals surface area contributed by atoms with Crippen LogP contribution in [0.4, 0.5) is 5.82 Å². The van der Waals surface area contributed by atoms with Gasteiger partial charge in [0.25, 0.3) is 0 Å².